The van der Waals surface area contributed by atoms with Crippen molar-refractivity contribution in [2.75, 3.05) is 11.9 Å². The van der Waals surface area contributed by atoms with Gasteiger partial charge in [-0.25, -0.2) is 9.97 Å². The molecule has 1 heterocycles. The Bertz CT molecular complexity index is 411. The molecule has 0 bridgehead atoms. The van der Waals surface area contributed by atoms with Crippen molar-refractivity contribution in [1.29, 1.82) is 0 Å². The first kappa shape index (κ1) is 13.4. The van der Waals surface area contributed by atoms with Crippen LogP contribution in [-0.4, -0.2) is 28.7 Å². The molecule has 1 rings (SSSR count). The molecule has 1 amide bonds. The van der Waals surface area contributed by atoms with Crippen molar-refractivity contribution in [3.8, 4) is 0 Å². The van der Waals surface area contributed by atoms with Crippen molar-refractivity contribution in [1.82, 2.24) is 9.97 Å². The number of carbonyl (C=O) groups excluding carboxylic acids is 2. The van der Waals surface area contributed by atoms with Crippen LogP contribution in [0.15, 0.2) is 6.33 Å². The molecule has 0 saturated carbocycles. The summed E-state index contributed by atoms with van der Waals surface area (Å²) in [5.74, 6) is 0.0859. The van der Waals surface area contributed by atoms with Gasteiger partial charge in [0.2, 0.25) is 5.91 Å². The molecule has 0 spiro atoms. The van der Waals surface area contributed by atoms with Gasteiger partial charge in [-0.1, -0.05) is 11.6 Å². The summed E-state index contributed by atoms with van der Waals surface area (Å²) in [5.41, 5.74) is 5.25. The Kier molecular flexibility index (Phi) is 5.35. The van der Waals surface area contributed by atoms with Crippen LogP contribution in [-0.2, 0) is 4.79 Å². The number of rotatable bonds is 7. The molecular weight excluding hydrogens is 244 g/mol. The highest BCUT2D eigenvalue weighted by atomic mass is 35.5. The van der Waals surface area contributed by atoms with Crippen molar-refractivity contribution in [2.24, 2.45) is 5.73 Å². The quantitative estimate of drug-likeness (QED) is 0.431. The van der Waals surface area contributed by atoms with Gasteiger partial charge in [0.05, 0.1) is 5.56 Å². The zero-order valence-corrected chi connectivity index (χ0v) is 9.91. The van der Waals surface area contributed by atoms with Crippen molar-refractivity contribution in [3.63, 3.8) is 0 Å². The highest BCUT2D eigenvalue weighted by Gasteiger charge is 2.07. The standard InChI is InChI=1S/C10H13ClN4O2/c11-9-7(5-16)10(15-6-14-9)13-4-2-1-3-8(12)17/h5-6H,1-4H2,(H2,12,17)(H,13,14,15). The fraction of sp³-hybridized carbons (Fsp3) is 0.400. The molecular formula is C10H13ClN4O2. The first-order valence-electron chi connectivity index (χ1n) is 5.13. The SMILES string of the molecule is NC(=O)CCCCNc1ncnc(Cl)c1C=O. The summed E-state index contributed by atoms with van der Waals surface area (Å²) in [6.07, 6.45) is 3.68. The molecule has 0 saturated heterocycles. The Labute approximate surface area is 104 Å². The summed E-state index contributed by atoms with van der Waals surface area (Å²) in [6.45, 7) is 0.585. The van der Waals surface area contributed by atoms with E-state index in [0.29, 0.717) is 31.5 Å². The van der Waals surface area contributed by atoms with Crippen molar-refractivity contribution in [2.45, 2.75) is 19.3 Å². The van der Waals surface area contributed by atoms with E-state index in [0.717, 1.165) is 6.42 Å². The van der Waals surface area contributed by atoms with E-state index in [2.05, 4.69) is 15.3 Å². The van der Waals surface area contributed by atoms with Crippen LogP contribution >= 0.6 is 11.6 Å². The number of amides is 1. The van der Waals surface area contributed by atoms with E-state index < -0.39 is 0 Å². The smallest absolute Gasteiger partial charge is 0.217 e. The lowest BCUT2D eigenvalue weighted by Crippen LogP contribution is -2.11. The Morgan fingerprint density at radius 1 is 1.47 bits per heavy atom. The second kappa shape index (κ2) is 6.80. The number of carbonyl (C=O) groups is 2. The summed E-state index contributed by atoms with van der Waals surface area (Å²) in [7, 11) is 0. The van der Waals surface area contributed by atoms with E-state index in [9.17, 15) is 9.59 Å². The molecule has 0 aliphatic rings. The van der Waals surface area contributed by atoms with Gasteiger partial charge in [0.15, 0.2) is 6.29 Å². The molecule has 0 unspecified atom stereocenters. The number of primary amides is 1. The Hall–Kier alpha value is -1.69. The predicted molar refractivity (Wildman–Crippen MR) is 64.0 cm³/mol. The second-order valence-corrected chi connectivity index (χ2v) is 3.75. The van der Waals surface area contributed by atoms with Crippen LogP contribution in [0.3, 0.4) is 0 Å². The minimum atomic E-state index is -0.316. The first-order valence-corrected chi connectivity index (χ1v) is 5.50. The maximum Gasteiger partial charge on any atom is 0.217 e. The number of anilines is 1. The average Bonchev–Trinajstić information content (AvgIpc) is 2.28. The number of aldehydes is 1. The topological polar surface area (TPSA) is 98.0 Å². The van der Waals surface area contributed by atoms with Gasteiger partial charge in [0, 0.05) is 13.0 Å². The third kappa shape index (κ3) is 4.36. The maximum atomic E-state index is 10.8. The highest BCUT2D eigenvalue weighted by molar-refractivity contribution is 6.32. The third-order valence-corrected chi connectivity index (χ3v) is 2.40. The van der Waals surface area contributed by atoms with E-state index in [-0.39, 0.29) is 16.6 Å². The van der Waals surface area contributed by atoms with Crippen LogP contribution in [0.2, 0.25) is 5.15 Å². The lowest BCUT2D eigenvalue weighted by molar-refractivity contribution is -0.118. The number of aromatic nitrogens is 2. The molecule has 0 fully saturated rings. The number of hydrogen-bond donors (Lipinski definition) is 2. The molecule has 0 aliphatic carbocycles. The number of nitrogens with zero attached hydrogens (tertiary/aromatic N) is 2. The summed E-state index contributed by atoms with van der Waals surface area (Å²) < 4.78 is 0. The van der Waals surface area contributed by atoms with Crippen LogP contribution in [0.25, 0.3) is 0 Å². The van der Waals surface area contributed by atoms with Gasteiger partial charge in [-0.05, 0) is 12.8 Å². The number of nitrogens with one attached hydrogen (secondary N) is 1. The molecule has 7 heteroatoms. The first-order chi connectivity index (χ1) is 8.15. The predicted octanol–water partition coefficient (Wildman–Crippen LogP) is 1.01. The number of unbranched alkanes of at least 4 members (excludes halogenated alkanes) is 1. The Balaban J connectivity index is 2.44. The number of hydrogen-bond acceptors (Lipinski definition) is 5. The summed E-state index contributed by atoms with van der Waals surface area (Å²) in [4.78, 5) is 28.9. The molecule has 1 aromatic rings. The van der Waals surface area contributed by atoms with Crippen molar-refractivity contribution < 1.29 is 9.59 Å². The van der Waals surface area contributed by atoms with Gasteiger partial charge in [0.1, 0.15) is 17.3 Å². The van der Waals surface area contributed by atoms with E-state index >= 15 is 0 Å². The molecule has 0 aliphatic heterocycles. The zero-order chi connectivity index (χ0) is 12.7. The van der Waals surface area contributed by atoms with Gasteiger partial charge >= 0.3 is 0 Å². The lowest BCUT2D eigenvalue weighted by atomic mass is 10.2. The van der Waals surface area contributed by atoms with Crippen LogP contribution in [0.1, 0.15) is 29.6 Å². The molecule has 3 N–H and O–H groups in total. The maximum absolute atomic E-state index is 10.8. The van der Waals surface area contributed by atoms with E-state index in [4.69, 9.17) is 17.3 Å². The fourth-order valence-corrected chi connectivity index (χ4v) is 1.43. The van der Waals surface area contributed by atoms with Crippen LogP contribution in [0.4, 0.5) is 5.82 Å². The minimum Gasteiger partial charge on any atom is -0.370 e. The Morgan fingerprint density at radius 2 is 2.24 bits per heavy atom. The Morgan fingerprint density at radius 3 is 2.88 bits per heavy atom. The van der Waals surface area contributed by atoms with Gasteiger partial charge < -0.3 is 11.1 Å². The lowest BCUT2D eigenvalue weighted by Gasteiger charge is -2.07. The summed E-state index contributed by atoms with van der Waals surface area (Å²) in [5, 5.41) is 3.08. The van der Waals surface area contributed by atoms with Crippen molar-refractivity contribution >= 4 is 29.6 Å². The van der Waals surface area contributed by atoms with E-state index in [1.807, 2.05) is 0 Å². The zero-order valence-electron chi connectivity index (χ0n) is 9.15. The molecule has 0 radical (unpaired) electrons. The van der Waals surface area contributed by atoms with E-state index in [1.54, 1.807) is 0 Å². The van der Waals surface area contributed by atoms with Gasteiger partial charge in [-0.3, -0.25) is 9.59 Å². The molecule has 1 aromatic heterocycles. The second-order valence-electron chi connectivity index (χ2n) is 3.39. The fourth-order valence-electron chi connectivity index (χ4n) is 1.25. The monoisotopic (exact) mass is 256 g/mol. The molecule has 0 atom stereocenters. The average molecular weight is 257 g/mol. The van der Waals surface area contributed by atoms with Gasteiger partial charge in [0.25, 0.3) is 0 Å². The van der Waals surface area contributed by atoms with Crippen LogP contribution in [0, 0.1) is 0 Å². The number of halogens is 1. The molecule has 17 heavy (non-hydrogen) atoms. The summed E-state index contributed by atoms with van der Waals surface area (Å²) in [6, 6.07) is 0. The van der Waals surface area contributed by atoms with Crippen LogP contribution < -0.4 is 11.1 Å². The molecule has 6 nitrogen and oxygen atoms in total. The molecule has 92 valence electrons. The van der Waals surface area contributed by atoms with Gasteiger partial charge in [-0.2, -0.15) is 0 Å². The van der Waals surface area contributed by atoms with Gasteiger partial charge in [-0.15, -0.1) is 0 Å². The third-order valence-electron chi connectivity index (χ3n) is 2.10. The van der Waals surface area contributed by atoms with Crippen LogP contribution in [0.5, 0.6) is 0 Å². The number of nitrogens with two attached hydrogens (primary N) is 1. The summed E-state index contributed by atoms with van der Waals surface area (Å²) >= 11 is 5.73. The molecule has 0 aromatic carbocycles. The van der Waals surface area contributed by atoms with Crippen molar-refractivity contribution in [3.05, 3.63) is 17.0 Å². The highest BCUT2D eigenvalue weighted by Crippen LogP contribution is 2.17. The minimum absolute atomic E-state index is 0.120. The van der Waals surface area contributed by atoms with E-state index in [1.165, 1.54) is 6.33 Å². The normalized spacial score (nSPS) is 9.94. The largest absolute Gasteiger partial charge is 0.370 e.